The van der Waals surface area contributed by atoms with Crippen molar-refractivity contribution in [1.82, 2.24) is 24.9 Å². The number of benzene rings is 1. The summed E-state index contributed by atoms with van der Waals surface area (Å²) in [5, 5.41) is 5.86. The number of carbonyl (C=O) groups excluding carboxylic acids is 1. The molecule has 1 amide bonds. The van der Waals surface area contributed by atoms with E-state index in [2.05, 4.69) is 36.9 Å². The number of hydrogen-bond acceptors (Lipinski definition) is 8. The van der Waals surface area contributed by atoms with E-state index >= 15 is 0 Å². The first-order chi connectivity index (χ1) is 18.8. The molecule has 1 aliphatic heterocycles. The molecule has 0 radical (unpaired) electrons. The normalized spacial score (nSPS) is 15.8. The van der Waals surface area contributed by atoms with Crippen LogP contribution in [0.2, 0.25) is 0 Å². The van der Waals surface area contributed by atoms with Gasteiger partial charge in [-0.2, -0.15) is 13.5 Å². The lowest BCUT2D eigenvalue weighted by Crippen LogP contribution is -2.38. The van der Waals surface area contributed by atoms with E-state index in [0.29, 0.717) is 30.5 Å². The Kier molecular flexibility index (Phi) is 7.60. The Morgan fingerprint density at radius 2 is 1.92 bits per heavy atom. The average molecular weight is 547 g/mol. The highest BCUT2D eigenvalue weighted by molar-refractivity contribution is 7.90. The van der Waals surface area contributed by atoms with Crippen molar-refractivity contribution in [2.24, 2.45) is 0 Å². The van der Waals surface area contributed by atoms with Gasteiger partial charge in [-0.05, 0) is 56.5 Å². The molecule has 1 saturated heterocycles. The number of aromatic nitrogens is 4. The van der Waals surface area contributed by atoms with Crippen LogP contribution in [0.4, 0.5) is 5.82 Å². The average Bonchev–Trinajstić information content (AvgIpc) is 3.50. The molecule has 202 valence electrons. The van der Waals surface area contributed by atoms with Crippen molar-refractivity contribution in [2.75, 3.05) is 18.0 Å². The summed E-state index contributed by atoms with van der Waals surface area (Å²) in [6.07, 6.45) is 4.90. The molecular weight excluding hydrogens is 516 g/mol. The molecule has 1 aromatic carbocycles. The topological polar surface area (TPSA) is 130 Å². The molecule has 5 rings (SSSR count). The van der Waals surface area contributed by atoms with Gasteiger partial charge in [-0.15, -0.1) is 0 Å². The van der Waals surface area contributed by atoms with Crippen LogP contribution < -0.4 is 14.4 Å². The Hall–Kier alpha value is -4.25. The molecule has 0 unspecified atom stereocenters. The molecule has 0 saturated carbocycles. The molecule has 10 nitrogen and oxygen atoms in total. The highest BCUT2D eigenvalue weighted by Gasteiger charge is 2.28. The van der Waals surface area contributed by atoms with Crippen LogP contribution in [0.5, 0.6) is 5.88 Å². The van der Waals surface area contributed by atoms with Crippen molar-refractivity contribution in [2.45, 2.75) is 43.7 Å². The monoisotopic (exact) mass is 546 g/mol. The summed E-state index contributed by atoms with van der Waals surface area (Å²) in [5.74, 6) is 0.423. The molecule has 4 heterocycles. The highest BCUT2D eigenvalue weighted by atomic mass is 32.2. The fourth-order valence-corrected chi connectivity index (χ4v) is 5.54. The number of pyridine rings is 2. The van der Waals surface area contributed by atoms with Crippen LogP contribution in [-0.2, 0) is 10.0 Å². The van der Waals surface area contributed by atoms with E-state index in [1.807, 2.05) is 38.1 Å². The fraction of sp³-hybridized carbons (Fsp3) is 0.286. The summed E-state index contributed by atoms with van der Waals surface area (Å²) < 4.78 is 33.3. The van der Waals surface area contributed by atoms with Crippen molar-refractivity contribution in [1.29, 1.82) is 0 Å². The molecule has 2 N–H and O–H groups in total. The van der Waals surface area contributed by atoms with Gasteiger partial charge >= 0.3 is 0 Å². The summed E-state index contributed by atoms with van der Waals surface area (Å²) in [6.45, 7) is 5.20. The molecule has 1 fully saturated rings. The molecule has 39 heavy (non-hydrogen) atoms. The van der Waals surface area contributed by atoms with Gasteiger partial charge < -0.3 is 9.64 Å². The van der Waals surface area contributed by atoms with E-state index in [4.69, 9.17) is 9.72 Å². The lowest BCUT2D eigenvalue weighted by Gasteiger charge is -2.35. The Labute approximate surface area is 227 Å². The zero-order chi connectivity index (χ0) is 27.4. The van der Waals surface area contributed by atoms with E-state index in [-0.39, 0.29) is 22.6 Å². The number of H-pyrrole nitrogens is 1. The molecule has 1 aliphatic rings. The van der Waals surface area contributed by atoms with Gasteiger partial charge in [0.05, 0.1) is 23.6 Å². The van der Waals surface area contributed by atoms with Crippen molar-refractivity contribution < 1.29 is 17.9 Å². The zero-order valence-electron chi connectivity index (χ0n) is 21.7. The SMILES string of the molecule is CC(C)Oc1ccc(-c2ccc(C(=O)NS(=O)(=O)c3ccn[nH]3)c(N3CCC[C@@H](c4ccccc4)C3)n2)cn1. The third-order valence-corrected chi connectivity index (χ3v) is 7.75. The van der Waals surface area contributed by atoms with Crippen LogP contribution in [0.15, 0.2) is 78.1 Å². The minimum Gasteiger partial charge on any atom is -0.475 e. The Balaban J connectivity index is 1.50. The third kappa shape index (κ3) is 6.09. The first-order valence-corrected chi connectivity index (χ1v) is 14.3. The maximum absolute atomic E-state index is 13.3. The van der Waals surface area contributed by atoms with Gasteiger partial charge in [0.15, 0.2) is 5.03 Å². The summed E-state index contributed by atoms with van der Waals surface area (Å²) in [7, 11) is -4.13. The quantitative estimate of drug-likeness (QED) is 0.337. The van der Waals surface area contributed by atoms with Crippen LogP contribution in [0, 0.1) is 0 Å². The Bertz CT molecular complexity index is 1520. The largest absolute Gasteiger partial charge is 0.475 e. The first-order valence-electron chi connectivity index (χ1n) is 12.8. The second-order valence-corrected chi connectivity index (χ2v) is 11.3. The maximum atomic E-state index is 13.3. The number of anilines is 1. The van der Waals surface area contributed by atoms with Crippen LogP contribution in [0.1, 0.15) is 48.5 Å². The van der Waals surface area contributed by atoms with Crippen LogP contribution in [-0.4, -0.2) is 53.7 Å². The number of hydrogen-bond donors (Lipinski definition) is 2. The lowest BCUT2D eigenvalue weighted by molar-refractivity contribution is 0.0981. The first kappa shape index (κ1) is 26.4. The van der Waals surface area contributed by atoms with Crippen molar-refractivity contribution >= 4 is 21.7 Å². The van der Waals surface area contributed by atoms with Crippen molar-refractivity contribution in [3.63, 3.8) is 0 Å². The maximum Gasteiger partial charge on any atom is 0.281 e. The second kappa shape index (κ2) is 11.2. The van der Waals surface area contributed by atoms with Crippen LogP contribution in [0.3, 0.4) is 0 Å². The van der Waals surface area contributed by atoms with Gasteiger partial charge in [0.1, 0.15) is 5.82 Å². The number of amides is 1. The molecule has 0 aliphatic carbocycles. The lowest BCUT2D eigenvalue weighted by atomic mass is 9.90. The smallest absolute Gasteiger partial charge is 0.281 e. The number of rotatable bonds is 8. The van der Waals surface area contributed by atoms with E-state index in [9.17, 15) is 13.2 Å². The van der Waals surface area contributed by atoms with E-state index < -0.39 is 15.9 Å². The van der Waals surface area contributed by atoms with Crippen molar-refractivity contribution in [3.05, 3.63) is 84.2 Å². The summed E-state index contributed by atoms with van der Waals surface area (Å²) in [5.41, 5.74) is 2.75. The van der Waals surface area contributed by atoms with Gasteiger partial charge in [0, 0.05) is 36.8 Å². The van der Waals surface area contributed by atoms with Crippen LogP contribution >= 0.6 is 0 Å². The van der Waals surface area contributed by atoms with E-state index in [0.717, 1.165) is 18.4 Å². The van der Waals surface area contributed by atoms with Gasteiger partial charge in [-0.1, -0.05) is 30.3 Å². The number of ether oxygens (including phenoxy) is 1. The number of nitrogens with zero attached hydrogens (tertiary/aromatic N) is 4. The molecular formula is C28H30N6O4S. The number of aromatic amines is 1. The number of piperidine rings is 1. The molecule has 0 bridgehead atoms. The van der Waals surface area contributed by atoms with E-state index in [1.54, 1.807) is 24.4 Å². The Morgan fingerprint density at radius 3 is 2.62 bits per heavy atom. The van der Waals surface area contributed by atoms with Crippen LogP contribution in [0.25, 0.3) is 11.3 Å². The van der Waals surface area contributed by atoms with Crippen molar-refractivity contribution in [3.8, 4) is 17.1 Å². The number of nitrogens with one attached hydrogen (secondary N) is 2. The standard InChI is InChI=1S/C28H30N6O4S/c1-19(2)38-25-13-10-21(17-29-25)24-12-11-23(28(35)33-39(36,37)26-14-15-30-32-26)27(31-24)34-16-6-9-22(18-34)20-7-4-3-5-8-20/h3-5,7-8,10-15,17,19,22H,6,9,16,18H2,1-2H3,(H,30,32)(H,33,35)/t22-/m1/s1. The molecule has 11 heteroatoms. The minimum absolute atomic E-state index is 0.000530. The van der Waals surface area contributed by atoms with E-state index in [1.165, 1.54) is 17.8 Å². The van der Waals surface area contributed by atoms with Gasteiger partial charge in [0.25, 0.3) is 15.9 Å². The minimum atomic E-state index is -4.13. The number of sulfonamides is 1. The third-order valence-electron chi connectivity index (χ3n) is 6.49. The Morgan fingerprint density at radius 1 is 1.10 bits per heavy atom. The summed E-state index contributed by atoms with van der Waals surface area (Å²) >= 11 is 0. The summed E-state index contributed by atoms with van der Waals surface area (Å²) in [4.78, 5) is 24.7. The summed E-state index contributed by atoms with van der Waals surface area (Å²) in [6, 6.07) is 18.5. The molecule has 0 spiro atoms. The predicted molar refractivity (Wildman–Crippen MR) is 147 cm³/mol. The molecule has 4 aromatic rings. The fourth-order valence-electron chi connectivity index (χ4n) is 4.66. The second-order valence-electron chi connectivity index (χ2n) is 9.67. The van der Waals surface area contributed by atoms with Gasteiger partial charge in [0.2, 0.25) is 5.88 Å². The zero-order valence-corrected chi connectivity index (χ0v) is 22.6. The highest BCUT2D eigenvalue weighted by Crippen LogP contribution is 2.32. The van der Waals surface area contributed by atoms with Gasteiger partial charge in [-0.3, -0.25) is 9.89 Å². The van der Waals surface area contributed by atoms with Gasteiger partial charge in [-0.25, -0.2) is 14.7 Å². The predicted octanol–water partition coefficient (Wildman–Crippen LogP) is 4.16. The number of carbonyl (C=O) groups is 1. The molecule has 1 atom stereocenters. The molecule has 3 aromatic heterocycles.